The molecule has 1 atom stereocenters. The number of nitriles is 1. The van der Waals surface area contributed by atoms with Crippen LogP contribution in [0.1, 0.15) is 12.5 Å². The largest absolute Gasteiger partial charge is 0.482 e. The van der Waals surface area contributed by atoms with Gasteiger partial charge in [0, 0.05) is 10.8 Å². The molecule has 0 spiro atoms. The van der Waals surface area contributed by atoms with Crippen LogP contribution in [0.25, 0.3) is 0 Å². The maximum absolute atomic E-state index is 12.9. The predicted octanol–water partition coefficient (Wildman–Crippen LogP) is 4.11. The number of benzene rings is 2. The number of nitrogens with zero attached hydrogens (tertiary/aromatic N) is 3. The summed E-state index contributed by atoms with van der Waals surface area (Å²) in [4.78, 5) is 19.0. The molecule has 0 radical (unpaired) electrons. The normalized spacial score (nSPS) is 15.9. The lowest BCUT2D eigenvalue weighted by molar-refractivity contribution is -0.119. The summed E-state index contributed by atoms with van der Waals surface area (Å²) in [5, 5.41) is 10.4. The monoisotopic (exact) mass is 385 g/mol. The highest BCUT2D eigenvalue weighted by Gasteiger charge is 2.27. The highest BCUT2D eigenvalue weighted by Crippen LogP contribution is 2.27. The van der Waals surface area contributed by atoms with E-state index in [0.717, 1.165) is 5.75 Å². The number of halogens is 1. The molecule has 1 aliphatic rings. The van der Waals surface area contributed by atoms with Gasteiger partial charge in [0.25, 0.3) is 5.91 Å². The Bertz CT molecular complexity index is 877. The minimum atomic E-state index is -0.264. The van der Waals surface area contributed by atoms with E-state index in [4.69, 9.17) is 21.6 Å². The van der Waals surface area contributed by atoms with E-state index in [9.17, 15) is 4.79 Å². The lowest BCUT2D eigenvalue weighted by Crippen LogP contribution is -2.38. The van der Waals surface area contributed by atoms with Crippen LogP contribution in [0.5, 0.6) is 5.75 Å². The van der Waals surface area contributed by atoms with Crippen LogP contribution in [0.2, 0.25) is 5.02 Å². The maximum Gasteiger partial charge on any atom is 0.271 e. The fraction of sp³-hybridized carbons (Fsp3) is 0.211. The lowest BCUT2D eigenvalue weighted by Gasteiger charge is -2.22. The van der Waals surface area contributed by atoms with E-state index in [2.05, 4.69) is 11.1 Å². The summed E-state index contributed by atoms with van der Waals surface area (Å²) in [7, 11) is 0. The number of hydrogen-bond donors (Lipinski definition) is 0. The van der Waals surface area contributed by atoms with E-state index in [1.165, 1.54) is 11.8 Å². The molecule has 0 bridgehead atoms. The minimum Gasteiger partial charge on any atom is -0.482 e. The second kappa shape index (κ2) is 8.26. The van der Waals surface area contributed by atoms with Gasteiger partial charge in [-0.2, -0.15) is 5.26 Å². The van der Waals surface area contributed by atoms with Gasteiger partial charge in [-0.25, -0.2) is 0 Å². The lowest BCUT2D eigenvalue weighted by atomic mass is 10.2. The van der Waals surface area contributed by atoms with Gasteiger partial charge in [-0.3, -0.25) is 14.7 Å². The van der Waals surface area contributed by atoms with E-state index in [-0.39, 0.29) is 18.6 Å². The third kappa shape index (κ3) is 4.18. The quantitative estimate of drug-likeness (QED) is 0.794. The van der Waals surface area contributed by atoms with Gasteiger partial charge in [-0.15, -0.1) is 0 Å². The number of carbonyl (C=O) groups is 1. The maximum atomic E-state index is 12.9. The van der Waals surface area contributed by atoms with Crippen LogP contribution >= 0.6 is 23.4 Å². The molecule has 26 heavy (non-hydrogen) atoms. The molecule has 0 N–H and O–H groups in total. The van der Waals surface area contributed by atoms with Crippen LogP contribution in [0.15, 0.2) is 53.5 Å². The van der Waals surface area contributed by atoms with Crippen molar-refractivity contribution in [1.29, 1.82) is 5.26 Å². The van der Waals surface area contributed by atoms with Gasteiger partial charge in [0.1, 0.15) is 11.8 Å². The third-order valence-corrected chi connectivity index (χ3v) is 5.12. The molecule has 1 aliphatic heterocycles. The number of amidine groups is 1. The highest BCUT2D eigenvalue weighted by molar-refractivity contribution is 8.14. The van der Waals surface area contributed by atoms with E-state index in [1.807, 2.05) is 6.92 Å². The van der Waals surface area contributed by atoms with Gasteiger partial charge >= 0.3 is 0 Å². The third-order valence-electron chi connectivity index (χ3n) is 3.67. The molecule has 5 nitrogen and oxygen atoms in total. The minimum absolute atomic E-state index is 0.151. The Kier molecular flexibility index (Phi) is 5.82. The van der Waals surface area contributed by atoms with Crippen molar-refractivity contribution in [3.8, 4) is 11.8 Å². The van der Waals surface area contributed by atoms with Crippen LogP contribution < -0.4 is 9.64 Å². The van der Waals surface area contributed by atoms with E-state index >= 15 is 0 Å². The molecular weight excluding hydrogens is 370 g/mol. The van der Waals surface area contributed by atoms with Crippen molar-refractivity contribution >= 4 is 40.1 Å². The summed E-state index contributed by atoms with van der Waals surface area (Å²) >= 11 is 7.49. The molecule has 3 rings (SSSR count). The van der Waals surface area contributed by atoms with Gasteiger partial charge in [0.05, 0.1) is 17.3 Å². The van der Waals surface area contributed by atoms with Crippen molar-refractivity contribution in [2.45, 2.75) is 13.0 Å². The predicted molar refractivity (Wildman–Crippen MR) is 105 cm³/mol. The van der Waals surface area contributed by atoms with Crippen LogP contribution in [-0.4, -0.2) is 29.5 Å². The zero-order chi connectivity index (χ0) is 18.5. The Hall–Kier alpha value is -2.49. The SMILES string of the molecule is C[C@@H]1CSC(N(C(=O)COc2ccccc2C#N)c2ccc(Cl)cc2)=N1. The summed E-state index contributed by atoms with van der Waals surface area (Å²) in [6, 6.07) is 16.0. The van der Waals surface area contributed by atoms with Gasteiger partial charge in [0.2, 0.25) is 0 Å². The van der Waals surface area contributed by atoms with Crippen molar-refractivity contribution in [2.75, 3.05) is 17.3 Å². The average Bonchev–Trinajstić information content (AvgIpc) is 3.08. The number of anilines is 1. The fourth-order valence-electron chi connectivity index (χ4n) is 2.42. The Labute approximate surface area is 161 Å². The summed E-state index contributed by atoms with van der Waals surface area (Å²) in [5.41, 5.74) is 1.07. The number of aliphatic imine (C=N–C) groups is 1. The first kappa shape index (κ1) is 18.3. The molecule has 0 unspecified atom stereocenters. The summed E-state index contributed by atoms with van der Waals surface area (Å²) in [6.07, 6.45) is 0. The number of hydrogen-bond acceptors (Lipinski definition) is 5. The fourth-order valence-corrected chi connectivity index (χ4v) is 3.60. The number of thioether (sulfide) groups is 1. The molecule has 0 fully saturated rings. The number of ether oxygens (including phenoxy) is 1. The topological polar surface area (TPSA) is 65.7 Å². The molecule has 0 aliphatic carbocycles. The Morgan fingerprint density at radius 3 is 2.73 bits per heavy atom. The van der Waals surface area contributed by atoms with Gasteiger partial charge < -0.3 is 4.74 Å². The number of carbonyl (C=O) groups excluding carboxylic acids is 1. The summed E-state index contributed by atoms with van der Waals surface area (Å²) < 4.78 is 5.60. The second-order valence-electron chi connectivity index (χ2n) is 5.67. The Balaban J connectivity index is 1.82. The van der Waals surface area contributed by atoms with Crippen molar-refractivity contribution in [3.05, 3.63) is 59.1 Å². The number of rotatable bonds is 4. The molecule has 132 valence electrons. The van der Waals surface area contributed by atoms with Crippen molar-refractivity contribution in [2.24, 2.45) is 4.99 Å². The van der Waals surface area contributed by atoms with Crippen molar-refractivity contribution in [3.63, 3.8) is 0 Å². The Morgan fingerprint density at radius 2 is 2.08 bits per heavy atom. The molecule has 2 aromatic rings. The standard InChI is InChI=1S/C19H16ClN3O2S/c1-13-12-26-19(22-13)23(16-8-6-15(20)7-9-16)18(24)11-25-17-5-3-2-4-14(17)10-21/h2-9,13H,11-12H2,1H3/t13-/m1/s1. The molecule has 0 saturated heterocycles. The molecule has 0 aromatic heterocycles. The zero-order valence-corrected chi connectivity index (χ0v) is 15.6. The molecule has 7 heteroatoms. The van der Waals surface area contributed by atoms with E-state index in [1.54, 1.807) is 53.4 Å². The van der Waals surface area contributed by atoms with E-state index < -0.39 is 0 Å². The first-order valence-corrected chi connectivity index (χ1v) is 9.36. The van der Waals surface area contributed by atoms with Gasteiger partial charge in [-0.1, -0.05) is 35.5 Å². The zero-order valence-electron chi connectivity index (χ0n) is 14.1. The van der Waals surface area contributed by atoms with Crippen molar-refractivity contribution < 1.29 is 9.53 Å². The van der Waals surface area contributed by atoms with Gasteiger partial charge in [-0.05, 0) is 43.3 Å². The van der Waals surface area contributed by atoms with E-state index in [0.29, 0.717) is 27.2 Å². The van der Waals surface area contributed by atoms with Gasteiger partial charge in [0.15, 0.2) is 11.8 Å². The first-order valence-electron chi connectivity index (χ1n) is 7.99. The summed E-state index contributed by atoms with van der Waals surface area (Å²) in [5.74, 6) is 0.944. The Morgan fingerprint density at radius 1 is 1.35 bits per heavy atom. The van der Waals surface area contributed by atoms with Crippen molar-refractivity contribution in [1.82, 2.24) is 0 Å². The molecule has 1 heterocycles. The smallest absolute Gasteiger partial charge is 0.271 e. The van der Waals surface area contributed by atoms with Crippen LogP contribution in [-0.2, 0) is 4.79 Å². The molecule has 1 amide bonds. The average molecular weight is 386 g/mol. The molecular formula is C19H16ClN3O2S. The summed E-state index contributed by atoms with van der Waals surface area (Å²) in [6.45, 7) is 1.81. The van der Waals surface area contributed by atoms with Crippen LogP contribution in [0, 0.1) is 11.3 Å². The second-order valence-corrected chi connectivity index (χ2v) is 7.10. The van der Waals surface area contributed by atoms with Crippen LogP contribution in [0.3, 0.4) is 0 Å². The number of para-hydroxylation sites is 1. The van der Waals surface area contributed by atoms with Crippen LogP contribution in [0.4, 0.5) is 5.69 Å². The number of amides is 1. The first-order chi connectivity index (χ1) is 12.6. The highest BCUT2D eigenvalue weighted by atomic mass is 35.5. The molecule has 2 aromatic carbocycles. The molecule has 0 saturated carbocycles.